The van der Waals surface area contributed by atoms with Gasteiger partial charge < -0.3 is 9.84 Å². The van der Waals surface area contributed by atoms with Crippen LogP contribution in [0.2, 0.25) is 0 Å². The largest absolute Gasteiger partial charge is 0.393 e. The van der Waals surface area contributed by atoms with Crippen molar-refractivity contribution in [2.75, 3.05) is 26.8 Å². The number of ether oxygens (including phenoxy) is 1. The summed E-state index contributed by atoms with van der Waals surface area (Å²) in [6.07, 6.45) is 3.24. The molecule has 0 radical (unpaired) electrons. The molecule has 1 aliphatic heterocycles. The van der Waals surface area contributed by atoms with Crippen molar-refractivity contribution in [2.45, 2.75) is 31.4 Å². The third-order valence-corrected chi connectivity index (χ3v) is 3.47. The van der Waals surface area contributed by atoms with Crippen LogP contribution in [-0.4, -0.2) is 49.0 Å². The summed E-state index contributed by atoms with van der Waals surface area (Å²) in [4.78, 5) is 2.34. The summed E-state index contributed by atoms with van der Waals surface area (Å²) in [5.74, 6) is 0.449. The molecule has 1 saturated heterocycles. The van der Waals surface area contributed by atoms with Gasteiger partial charge in [-0.15, -0.1) is 0 Å². The van der Waals surface area contributed by atoms with Gasteiger partial charge in [0.25, 0.3) is 0 Å². The van der Waals surface area contributed by atoms with E-state index in [2.05, 4.69) is 11.9 Å². The lowest BCUT2D eigenvalue weighted by molar-refractivity contribution is -0.0386. The Balaban J connectivity index is 1.97. The number of aliphatic hydroxyl groups is 1. The molecule has 1 saturated carbocycles. The molecule has 2 aliphatic rings. The van der Waals surface area contributed by atoms with Gasteiger partial charge in [-0.25, -0.2) is 0 Å². The summed E-state index contributed by atoms with van der Waals surface area (Å²) in [5, 5.41) is 9.78. The fourth-order valence-electron chi connectivity index (χ4n) is 2.57. The molecule has 2 rings (SSSR count). The fourth-order valence-corrected chi connectivity index (χ4v) is 2.57. The van der Waals surface area contributed by atoms with E-state index in [-0.39, 0.29) is 6.10 Å². The van der Waals surface area contributed by atoms with Crippen LogP contribution in [0.1, 0.15) is 19.3 Å². The van der Waals surface area contributed by atoms with Crippen LogP contribution in [0.15, 0.2) is 0 Å². The standard InChI is InChI=1S/C10H19NO2/c1-11-5-6-13-7-9(11)8-3-2-4-10(8)12/h8-10,12H,2-7H2,1H3. The lowest BCUT2D eigenvalue weighted by Gasteiger charge is -2.37. The van der Waals surface area contributed by atoms with Crippen LogP contribution in [0.25, 0.3) is 0 Å². The highest BCUT2D eigenvalue weighted by atomic mass is 16.5. The maximum atomic E-state index is 9.78. The average Bonchev–Trinajstić information content (AvgIpc) is 2.52. The zero-order valence-corrected chi connectivity index (χ0v) is 8.28. The monoisotopic (exact) mass is 185 g/mol. The predicted octanol–water partition coefficient (Wildman–Crippen LogP) is 0.478. The van der Waals surface area contributed by atoms with Crippen molar-refractivity contribution in [1.29, 1.82) is 0 Å². The van der Waals surface area contributed by atoms with E-state index in [0.717, 1.165) is 26.2 Å². The molecule has 1 N–H and O–H groups in total. The minimum Gasteiger partial charge on any atom is -0.393 e. The van der Waals surface area contributed by atoms with E-state index >= 15 is 0 Å². The molecule has 0 aromatic carbocycles. The smallest absolute Gasteiger partial charge is 0.0626 e. The molecule has 0 spiro atoms. The molecule has 76 valence electrons. The van der Waals surface area contributed by atoms with Crippen molar-refractivity contribution in [1.82, 2.24) is 4.90 Å². The Hall–Kier alpha value is -0.120. The van der Waals surface area contributed by atoms with Crippen LogP contribution in [0.3, 0.4) is 0 Å². The van der Waals surface area contributed by atoms with Gasteiger partial charge in [0.1, 0.15) is 0 Å². The van der Waals surface area contributed by atoms with Gasteiger partial charge in [0.05, 0.1) is 19.3 Å². The summed E-state index contributed by atoms with van der Waals surface area (Å²) in [7, 11) is 2.14. The van der Waals surface area contributed by atoms with Crippen molar-refractivity contribution >= 4 is 0 Å². The van der Waals surface area contributed by atoms with Gasteiger partial charge in [-0.1, -0.05) is 6.42 Å². The zero-order chi connectivity index (χ0) is 9.26. The number of aliphatic hydroxyl groups excluding tert-OH is 1. The Morgan fingerprint density at radius 2 is 2.23 bits per heavy atom. The Labute approximate surface area is 79.7 Å². The van der Waals surface area contributed by atoms with Crippen LogP contribution >= 0.6 is 0 Å². The van der Waals surface area contributed by atoms with E-state index in [9.17, 15) is 5.11 Å². The summed E-state index contributed by atoms with van der Waals surface area (Å²) < 4.78 is 5.46. The van der Waals surface area contributed by atoms with Crippen molar-refractivity contribution in [2.24, 2.45) is 5.92 Å². The number of hydrogen-bond acceptors (Lipinski definition) is 3. The molecule has 0 amide bonds. The molecule has 3 nitrogen and oxygen atoms in total. The van der Waals surface area contributed by atoms with Crippen LogP contribution in [-0.2, 0) is 4.74 Å². The van der Waals surface area contributed by atoms with E-state index in [1.165, 1.54) is 12.8 Å². The van der Waals surface area contributed by atoms with Crippen molar-refractivity contribution < 1.29 is 9.84 Å². The van der Waals surface area contributed by atoms with Crippen LogP contribution < -0.4 is 0 Å². The summed E-state index contributed by atoms with van der Waals surface area (Å²) in [6.45, 7) is 2.65. The molecular formula is C10H19NO2. The number of hydrogen-bond donors (Lipinski definition) is 1. The lowest BCUT2D eigenvalue weighted by Crippen LogP contribution is -2.49. The maximum absolute atomic E-state index is 9.78. The fraction of sp³-hybridized carbons (Fsp3) is 1.00. The second kappa shape index (κ2) is 3.95. The Kier molecular flexibility index (Phi) is 2.86. The van der Waals surface area contributed by atoms with E-state index in [1.54, 1.807) is 0 Å². The van der Waals surface area contributed by atoms with E-state index in [1.807, 2.05) is 0 Å². The van der Waals surface area contributed by atoms with E-state index in [0.29, 0.717) is 12.0 Å². The summed E-state index contributed by atoms with van der Waals surface area (Å²) in [5.41, 5.74) is 0. The van der Waals surface area contributed by atoms with Gasteiger partial charge in [0.15, 0.2) is 0 Å². The van der Waals surface area contributed by atoms with Gasteiger partial charge in [-0.05, 0) is 19.9 Å². The summed E-state index contributed by atoms with van der Waals surface area (Å²) in [6, 6.07) is 0.450. The first-order valence-corrected chi connectivity index (χ1v) is 5.25. The first kappa shape index (κ1) is 9.44. The molecule has 3 heteroatoms. The molecule has 0 aromatic rings. The number of rotatable bonds is 1. The zero-order valence-electron chi connectivity index (χ0n) is 8.28. The number of morpholine rings is 1. The molecule has 3 unspecified atom stereocenters. The topological polar surface area (TPSA) is 32.7 Å². The predicted molar refractivity (Wildman–Crippen MR) is 50.6 cm³/mol. The lowest BCUT2D eigenvalue weighted by atomic mass is 9.95. The third-order valence-electron chi connectivity index (χ3n) is 3.47. The molecule has 3 atom stereocenters. The van der Waals surface area contributed by atoms with Gasteiger partial charge in [-0.3, -0.25) is 4.90 Å². The maximum Gasteiger partial charge on any atom is 0.0626 e. The van der Waals surface area contributed by atoms with Crippen molar-refractivity contribution in [3.05, 3.63) is 0 Å². The number of likely N-dealkylation sites (N-methyl/N-ethyl adjacent to an activating group) is 1. The highest BCUT2D eigenvalue weighted by Gasteiger charge is 2.35. The van der Waals surface area contributed by atoms with Gasteiger partial charge in [0, 0.05) is 18.5 Å². The second-order valence-electron chi connectivity index (χ2n) is 4.28. The minimum absolute atomic E-state index is 0.0888. The molecule has 0 bridgehead atoms. The van der Waals surface area contributed by atoms with Crippen LogP contribution in [0.4, 0.5) is 0 Å². The van der Waals surface area contributed by atoms with Gasteiger partial charge in [-0.2, -0.15) is 0 Å². The second-order valence-corrected chi connectivity index (χ2v) is 4.28. The normalized spacial score (nSPS) is 42.5. The van der Waals surface area contributed by atoms with Crippen molar-refractivity contribution in [3.8, 4) is 0 Å². The Morgan fingerprint density at radius 1 is 1.38 bits per heavy atom. The quantitative estimate of drug-likeness (QED) is 0.645. The third kappa shape index (κ3) is 1.87. The first-order chi connectivity index (χ1) is 6.29. The number of nitrogens with zero attached hydrogens (tertiary/aromatic N) is 1. The average molecular weight is 185 g/mol. The minimum atomic E-state index is -0.0888. The molecule has 1 aliphatic carbocycles. The van der Waals surface area contributed by atoms with Gasteiger partial charge >= 0.3 is 0 Å². The Morgan fingerprint density at radius 3 is 2.85 bits per heavy atom. The SMILES string of the molecule is CN1CCOCC1C1CCCC1O. The molecule has 2 fully saturated rings. The molecule has 1 heterocycles. The first-order valence-electron chi connectivity index (χ1n) is 5.25. The van der Waals surface area contributed by atoms with Crippen molar-refractivity contribution in [3.63, 3.8) is 0 Å². The van der Waals surface area contributed by atoms with E-state index in [4.69, 9.17) is 4.74 Å². The van der Waals surface area contributed by atoms with Gasteiger partial charge in [0.2, 0.25) is 0 Å². The highest BCUT2D eigenvalue weighted by Crippen LogP contribution is 2.31. The van der Waals surface area contributed by atoms with Crippen LogP contribution in [0, 0.1) is 5.92 Å². The summed E-state index contributed by atoms with van der Waals surface area (Å²) >= 11 is 0. The Bertz CT molecular complexity index is 174. The highest BCUT2D eigenvalue weighted by molar-refractivity contribution is 4.88. The van der Waals surface area contributed by atoms with E-state index < -0.39 is 0 Å². The molecule has 0 aromatic heterocycles. The molecular weight excluding hydrogens is 166 g/mol. The molecule has 13 heavy (non-hydrogen) atoms. The van der Waals surface area contributed by atoms with Crippen LogP contribution in [0.5, 0.6) is 0 Å².